The summed E-state index contributed by atoms with van der Waals surface area (Å²) in [5.74, 6) is -0.942. The van der Waals surface area contributed by atoms with Crippen molar-refractivity contribution in [1.29, 1.82) is 0 Å². The van der Waals surface area contributed by atoms with Crippen LogP contribution in [-0.2, 0) is 0 Å². The van der Waals surface area contributed by atoms with Crippen LogP contribution < -0.4 is 4.74 Å². The van der Waals surface area contributed by atoms with Crippen LogP contribution in [0.3, 0.4) is 0 Å². The van der Waals surface area contributed by atoms with Gasteiger partial charge in [0.15, 0.2) is 6.29 Å². The van der Waals surface area contributed by atoms with E-state index in [0.29, 0.717) is 0 Å². The first-order valence-electron chi connectivity index (χ1n) is 3.75. The van der Waals surface area contributed by atoms with E-state index in [1.54, 1.807) is 0 Å². The molecule has 0 saturated carbocycles. The second-order valence-electron chi connectivity index (χ2n) is 2.58. The van der Waals surface area contributed by atoms with E-state index >= 15 is 0 Å². The van der Waals surface area contributed by atoms with Crippen molar-refractivity contribution in [1.82, 2.24) is 0 Å². The van der Waals surface area contributed by atoms with E-state index in [2.05, 4.69) is 4.74 Å². The van der Waals surface area contributed by atoms with Gasteiger partial charge in [-0.15, -0.1) is 0 Å². The predicted octanol–water partition coefficient (Wildman–Crippen LogP) is 2.55. The lowest BCUT2D eigenvalue weighted by Gasteiger charge is -2.09. The standard InChI is InChI=1S/C9H7F3O2/c1-5-6(4-13)7(10)2-3-8(5)14-9(11)12/h2-4,9H,1H3. The van der Waals surface area contributed by atoms with Crippen molar-refractivity contribution in [3.63, 3.8) is 0 Å². The van der Waals surface area contributed by atoms with Gasteiger partial charge < -0.3 is 4.74 Å². The lowest BCUT2D eigenvalue weighted by atomic mass is 10.1. The SMILES string of the molecule is Cc1c(OC(F)F)ccc(F)c1C=O. The van der Waals surface area contributed by atoms with E-state index in [9.17, 15) is 18.0 Å². The van der Waals surface area contributed by atoms with Crippen molar-refractivity contribution in [2.45, 2.75) is 13.5 Å². The fourth-order valence-electron chi connectivity index (χ4n) is 1.04. The summed E-state index contributed by atoms with van der Waals surface area (Å²) < 4.78 is 40.6. The van der Waals surface area contributed by atoms with Crippen LogP contribution in [0.2, 0.25) is 0 Å². The van der Waals surface area contributed by atoms with E-state index in [1.165, 1.54) is 6.92 Å². The van der Waals surface area contributed by atoms with E-state index in [0.717, 1.165) is 12.1 Å². The molecule has 0 aliphatic carbocycles. The number of hydrogen-bond acceptors (Lipinski definition) is 2. The zero-order chi connectivity index (χ0) is 10.7. The Hall–Kier alpha value is -1.52. The lowest BCUT2D eigenvalue weighted by Crippen LogP contribution is -2.05. The van der Waals surface area contributed by atoms with Crippen molar-refractivity contribution in [3.8, 4) is 5.75 Å². The monoisotopic (exact) mass is 204 g/mol. The van der Waals surface area contributed by atoms with Crippen LogP contribution in [0.4, 0.5) is 13.2 Å². The fourth-order valence-corrected chi connectivity index (χ4v) is 1.04. The zero-order valence-corrected chi connectivity index (χ0v) is 7.26. The molecule has 0 saturated heterocycles. The number of halogens is 3. The molecule has 2 nitrogen and oxygen atoms in total. The van der Waals surface area contributed by atoms with Gasteiger partial charge >= 0.3 is 6.61 Å². The maximum atomic E-state index is 12.9. The number of hydrogen-bond donors (Lipinski definition) is 0. The average Bonchev–Trinajstić information content (AvgIpc) is 2.10. The van der Waals surface area contributed by atoms with Gasteiger partial charge in [0, 0.05) is 5.56 Å². The second kappa shape index (κ2) is 4.13. The van der Waals surface area contributed by atoms with Crippen LogP contribution in [0.15, 0.2) is 12.1 Å². The summed E-state index contributed by atoms with van der Waals surface area (Å²) in [4.78, 5) is 10.4. The molecule has 1 rings (SSSR count). The molecule has 76 valence electrons. The van der Waals surface area contributed by atoms with Crippen molar-refractivity contribution in [2.24, 2.45) is 0 Å². The van der Waals surface area contributed by atoms with Crippen LogP contribution in [-0.4, -0.2) is 12.9 Å². The Balaban J connectivity index is 3.14. The molecule has 1 aromatic carbocycles. The van der Waals surface area contributed by atoms with Crippen molar-refractivity contribution in [2.75, 3.05) is 0 Å². The number of aldehydes is 1. The van der Waals surface area contributed by atoms with Gasteiger partial charge in [0.25, 0.3) is 0 Å². The number of alkyl halides is 2. The molecule has 0 atom stereocenters. The summed E-state index contributed by atoms with van der Waals surface area (Å²) >= 11 is 0. The minimum Gasteiger partial charge on any atom is -0.435 e. The molecule has 0 radical (unpaired) electrons. The van der Waals surface area contributed by atoms with Crippen molar-refractivity contribution in [3.05, 3.63) is 29.1 Å². The Labute approximate surface area is 78.3 Å². The van der Waals surface area contributed by atoms with E-state index in [1.807, 2.05) is 0 Å². The van der Waals surface area contributed by atoms with E-state index in [4.69, 9.17) is 0 Å². The molecule has 0 heterocycles. The van der Waals surface area contributed by atoms with Crippen LogP contribution in [0.5, 0.6) is 5.75 Å². The Kier molecular flexibility index (Phi) is 3.11. The van der Waals surface area contributed by atoms with Gasteiger partial charge in [-0.25, -0.2) is 4.39 Å². The maximum absolute atomic E-state index is 12.9. The average molecular weight is 204 g/mol. The smallest absolute Gasteiger partial charge is 0.387 e. The highest BCUT2D eigenvalue weighted by Gasteiger charge is 2.13. The summed E-state index contributed by atoms with van der Waals surface area (Å²) in [6.45, 7) is -1.65. The molecule has 0 unspecified atom stereocenters. The van der Waals surface area contributed by atoms with Gasteiger partial charge in [0.1, 0.15) is 11.6 Å². The summed E-state index contributed by atoms with van der Waals surface area (Å²) in [7, 11) is 0. The molecule has 1 aromatic rings. The highest BCUT2D eigenvalue weighted by molar-refractivity contribution is 5.78. The molecule has 0 aromatic heterocycles. The summed E-state index contributed by atoms with van der Waals surface area (Å²) in [5, 5.41) is 0. The maximum Gasteiger partial charge on any atom is 0.387 e. The number of carbonyl (C=O) groups excluding carboxylic acids is 1. The lowest BCUT2D eigenvalue weighted by molar-refractivity contribution is -0.0503. The Bertz CT molecular complexity index is 350. The van der Waals surface area contributed by atoms with Crippen LogP contribution >= 0.6 is 0 Å². The summed E-state index contributed by atoms with van der Waals surface area (Å²) in [5.41, 5.74) is -0.191. The molecule has 0 aliphatic rings. The summed E-state index contributed by atoms with van der Waals surface area (Å²) in [6.07, 6.45) is 0.267. The molecule has 0 fully saturated rings. The third-order valence-electron chi connectivity index (χ3n) is 1.75. The first-order valence-corrected chi connectivity index (χ1v) is 3.75. The van der Waals surface area contributed by atoms with Gasteiger partial charge in [0.2, 0.25) is 0 Å². The van der Waals surface area contributed by atoms with Gasteiger partial charge in [0.05, 0.1) is 5.56 Å². The van der Waals surface area contributed by atoms with E-state index < -0.39 is 12.4 Å². The number of rotatable bonds is 3. The number of benzene rings is 1. The Morgan fingerprint density at radius 3 is 2.57 bits per heavy atom. The molecule has 0 aliphatic heterocycles. The molecule has 5 heteroatoms. The van der Waals surface area contributed by atoms with E-state index in [-0.39, 0.29) is 23.2 Å². The molecular formula is C9H7F3O2. The number of ether oxygens (including phenoxy) is 1. The number of carbonyl (C=O) groups is 1. The molecule has 0 amide bonds. The highest BCUT2D eigenvalue weighted by atomic mass is 19.3. The molecule has 0 spiro atoms. The van der Waals surface area contributed by atoms with Gasteiger partial charge in [-0.1, -0.05) is 0 Å². The van der Waals surface area contributed by atoms with Crippen LogP contribution in [0.25, 0.3) is 0 Å². The topological polar surface area (TPSA) is 26.3 Å². The van der Waals surface area contributed by atoms with Crippen molar-refractivity contribution < 1.29 is 22.7 Å². The van der Waals surface area contributed by atoms with Gasteiger partial charge in [-0.2, -0.15) is 8.78 Å². The normalized spacial score (nSPS) is 10.4. The Morgan fingerprint density at radius 2 is 2.07 bits per heavy atom. The molecular weight excluding hydrogens is 197 g/mol. The first kappa shape index (κ1) is 10.6. The Morgan fingerprint density at radius 1 is 1.43 bits per heavy atom. The van der Waals surface area contributed by atoms with Crippen LogP contribution in [0, 0.1) is 12.7 Å². The van der Waals surface area contributed by atoms with Gasteiger partial charge in [-0.3, -0.25) is 4.79 Å². The quantitative estimate of drug-likeness (QED) is 0.707. The largest absolute Gasteiger partial charge is 0.435 e. The fraction of sp³-hybridized carbons (Fsp3) is 0.222. The first-order chi connectivity index (χ1) is 6.56. The minimum absolute atomic E-state index is 0.0697. The van der Waals surface area contributed by atoms with Crippen molar-refractivity contribution >= 4 is 6.29 Å². The summed E-state index contributed by atoms with van der Waals surface area (Å²) in [6, 6.07) is 1.97. The third-order valence-corrected chi connectivity index (χ3v) is 1.75. The third kappa shape index (κ3) is 2.04. The zero-order valence-electron chi connectivity index (χ0n) is 7.26. The molecule has 0 N–H and O–H groups in total. The second-order valence-corrected chi connectivity index (χ2v) is 2.58. The highest BCUT2D eigenvalue weighted by Crippen LogP contribution is 2.24. The molecule has 0 bridgehead atoms. The van der Waals surface area contributed by atoms with Crippen LogP contribution in [0.1, 0.15) is 15.9 Å². The predicted molar refractivity (Wildman–Crippen MR) is 43.2 cm³/mol. The minimum atomic E-state index is -2.99. The molecule has 14 heavy (non-hydrogen) atoms. The van der Waals surface area contributed by atoms with Gasteiger partial charge in [-0.05, 0) is 19.1 Å².